The highest BCUT2D eigenvalue weighted by molar-refractivity contribution is 6.09. The highest BCUT2D eigenvalue weighted by Crippen LogP contribution is 2.31. The predicted octanol–water partition coefficient (Wildman–Crippen LogP) is 4.25. The molecule has 0 amide bonds. The number of aromatic nitrogens is 3. The summed E-state index contributed by atoms with van der Waals surface area (Å²) in [5.74, 6) is 1.02. The standard InChI is InChI=1S/C24H25N5/c1-18-7-5-11-20-21(18)22-23(27-20)24(26-17-25-22)29-15-13-28(14-16-29)12-6-10-19-8-3-2-4-9-19/h2-11,17,27H,12-16H2,1H3/b10-6+. The molecule has 0 bridgehead atoms. The van der Waals surface area contributed by atoms with Crippen LogP contribution in [0.5, 0.6) is 0 Å². The molecule has 29 heavy (non-hydrogen) atoms. The number of H-pyrrole nitrogens is 1. The van der Waals surface area contributed by atoms with Gasteiger partial charge in [-0.25, -0.2) is 9.97 Å². The Balaban J connectivity index is 1.31. The molecule has 4 aromatic rings. The summed E-state index contributed by atoms with van der Waals surface area (Å²) < 4.78 is 0. The Hall–Kier alpha value is -3.18. The second kappa shape index (κ2) is 7.68. The Kier molecular flexibility index (Phi) is 4.74. The Bertz CT molecular complexity index is 1150. The van der Waals surface area contributed by atoms with Gasteiger partial charge in [-0.05, 0) is 24.1 Å². The van der Waals surface area contributed by atoms with E-state index in [1.165, 1.54) is 16.5 Å². The van der Waals surface area contributed by atoms with Crippen LogP contribution in [0.4, 0.5) is 5.82 Å². The van der Waals surface area contributed by atoms with Crippen molar-refractivity contribution in [3.05, 3.63) is 72.1 Å². The van der Waals surface area contributed by atoms with Crippen molar-refractivity contribution in [2.24, 2.45) is 0 Å². The number of anilines is 1. The second-order valence-corrected chi connectivity index (χ2v) is 7.64. The first-order valence-electron chi connectivity index (χ1n) is 10.2. The van der Waals surface area contributed by atoms with Gasteiger partial charge < -0.3 is 9.88 Å². The minimum atomic E-state index is 0.972. The zero-order valence-electron chi connectivity index (χ0n) is 16.7. The summed E-state index contributed by atoms with van der Waals surface area (Å²) in [6.45, 7) is 7.12. The number of hydrogen-bond donors (Lipinski definition) is 1. The van der Waals surface area contributed by atoms with Gasteiger partial charge in [0.2, 0.25) is 0 Å². The molecule has 1 aliphatic rings. The molecule has 0 radical (unpaired) electrons. The molecule has 146 valence electrons. The second-order valence-electron chi connectivity index (χ2n) is 7.64. The number of piperazine rings is 1. The van der Waals surface area contributed by atoms with E-state index in [9.17, 15) is 0 Å². The Morgan fingerprint density at radius 2 is 1.79 bits per heavy atom. The molecule has 0 spiro atoms. The molecule has 0 atom stereocenters. The maximum Gasteiger partial charge on any atom is 0.156 e. The molecule has 0 saturated carbocycles. The monoisotopic (exact) mass is 383 g/mol. The lowest BCUT2D eigenvalue weighted by Crippen LogP contribution is -2.46. The summed E-state index contributed by atoms with van der Waals surface area (Å²) in [7, 11) is 0. The summed E-state index contributed by atoms with van der Waals surface area (Å²) in [6.07, 6.45) is 6.16. The maximum absolute atomic E-state index is 4.63. The van der Waals surface area contributed by atoms with Crippen molar-refractivity contribution in [3.63, 3.8) is 0 Å². The van der Waals surface area contributed by atoms with Crippen molar-refractivity contribution < 1.29 is 0 Å². The summed E-state index contributed by atoms with van der Waals surface area (Å²) in [5, 5.41) is 1.20. The number of hydrogen-bond acceptors (Lipinski definition) is 4. The van der Waals surface area contributed by atoms with E-state index in [0.29, 0.717) is 0 Å². The molecule has 1 fully saturated rings. The van der Waals surface area contributed by atoms with Crippen molar-refractivity contribution >= 4 is 33.8 Å². The van der Waals surface area contributed by atoms with Crippen LogP contribution in [-0.2, 0) is 0 Å². The largest absolute Gasteiger partial charge is 0.352 e. The number of fused-ring (bicyclic) bond motifs is 3. The first-order chi connectivity index (χ1) is 14.3. The van der Waals surface area contributed by atoms with Crippen molar-refractivity contribution in [2.45, 2.75) is 6.92 Å². The maximum atomic E-state index is 4.63. The van der Waals surface area contributed by atoms with Crippen LogP contribution in [0.3, 0.4) is 0 Å². The van der Waals surface area contributed by atoms with Crippen molar-refractivity contribution in [2.75, 3.05) is 37.6 Å². The van der Waals surface area contributed by atoms with E-state index in [2.05, 4.69) is 92.4 Å². The number of nitrogens with zero attached hydrogens (tertiary/aromatic N) is 4. The molecule has 5 rings (SSSR count). The molecular formula is C24H25N5. The van der Waals surface area contributed by atoms with Crippen LogP contribution in [0, 0.1) is 6.92 Å². The van der Waals surface area contributed by atoms with Crippen molar-refractivity contribution in [3.8, 4) is 0 Å². The first kappa shape index (κ1) is 17.9. The van der Waals surface area contributed by atoms with E-state index < -0.39 is 0 Å². The van der Waals surface area contributed by atoms with Crippen LogP contribution >= 0.6 is 0 Å². The normalized spacial score (nSPS) is 15.7. The molecule has 0 aliphatic carbocycles. The van der Waals surface area contributed by atoms with E-state index in [4.69, 9.17) is 0 Å². The van der Waals surface area contributed by atoms with Crippen LogP contribution in [0.15, 0.2) is 60.9 Å². The van der Waals surface area contributed by atoms with E-state index in [1.54, 1.807) is 6.33 Å². The lowest BCUT2D eigenvalue weighted by molar-refractivity contribution is 0.284. The lowest BCUT2D eigenvalue weighted by Gasteiger charge is -2.34. The van der Waals surface area contributed by atoms with E-state index in [1.807, 2.05) is 0 Å². The van der Waals surface area contributed by atoms with Crippen LogP contribution in [0.25, 0.3) is 28.0 Å². The summed E-state index contributed by atoms with van der Waals surface area (Å²) >= 11 is 0. The third-order valence-corrected chi connectivity index (χ3v) is 5.74. The molecule has 0 unspecified atom stereocenters. The van der Waals surface area contributed by atoms with Crippen LogP contribution in [-0.4, -0.2) is 52.6 Å². The van der Waals surface area contributed by atoms with Crippen LogP contribution < -0.4 is 4.90 Å². The van der Waals surface area contributed by atoms with E-state index in [-0.39, 0.29) is 0 Å². The summed E-state index contributed by atoms with van der Waals surface area (Å²) in [4.78, 5) is 17.6. The molecule has 1 saturated heterocycles. The SMILES string of the molecule is Cc1cccc2[nH]c3c(N4CCN(C/C=C/c5ccccc5)CC4)ncnc3c12. The fourth-order valence-corrected chi connectivity index (χ4v) is 4.19. The number of aromatic amines is 1. The van der Waals surface area contributed by atoms with Gasteiger partial charge in [-0.2, -0.15) is 0 Å². The molecule has 5 nitrogen and oxygen atoms in total. The van der Waals surface area contributed by atoms with E-state index >= 15 is 0 Å². The van der Waals surface area contributed by atoms with Gasteiger partial charge in [0.1, 0.15) is 17.4 Å². The average Bonchev–Trinajstić information content (AvgIpc) is 3.15. The fraction of sp³-hybridized carbons (Fsp3) is 0.250. The Morgan fingerprint density at radius 1 is 0.966 bits per heavy atom. The molecular weight excluding hydrogens is 358 g/mol. The number of rotatable bonds is 4. The quantitative estimate of drug-likeness (QED) is 0.572. The minimum Gasteiger partial charge on any atom is -0.352 e. The van der Waals surface area contributed by atoms with Crippen LogP contribution in [0.1, 0.15) is 11.1 Å². The van der Waals surface area contributed by atoms with Gasteiger partial charge in [-0.3, -0.25) is 4.90 Å². The third-order valence-electron chi connectivity index (χ3n) is 5.74. The van der Waals surface area contributed by atoms with Crippen molar-refractivity contribution in [1.82, 2.24) is 19.9 Å². The number of benzene rings is 2. The zero-order valence-corrected chi connectivity index (χ0v) is 16.7. The Morgan fingerprint density at radius 3 is 2.62 bits per heavy atom. The highest BCUT2D eigenvalue weighted by Gasteiger charge is 2.21. The van der Waals surface area contributed by atoms with Gasteiger partial charge in [0.25, 0.3) is 0 Å². The molecule has 2 aromatic carbocycles. The van der Waals surface area contributed by atoms with Gasteiger partial charge in [0.15, 0.2) is 5.82 Å². The topological polar surface area (TPSA) is 48.1 Å². The molecule has 1 aliphatic heterocycles. The van der Waals surface area contributed by atoms with Gasteiger partial charge in [-0.15, -0.1) is 0 Å². The average molecular weight is 383 g/mol. The summed E-state index contributed by atoms with van der Waals surface area (Å²) in [6, 6.07) is 16.8. The lowest BCUT2D eigenvalue weighted by atomic mass is 10.1. The van der Waals surface area contributed by atoms with E-state index in [0.717, 1.165) is 55.1 Å². The van der Waals surface area contributed by atoms with Gasteiger partial charge in [0.05, 0.1) is 0 Å². The molecule has 5 heteroatoms. The molecule has 3 heterocycles. The molecule has 2 aromatic heterocycles. The number of aryl methyl sites for hydroxylation is 1. The fourth-order valence-electron chi connectivity index (χ4n) is 4.19. The van der Waals surface area contributed by atoms with Gasteiger partial charge in [-0.1, -0.05) is 54.6 Å². The van der Waals surface area contributed by atoms with Crippen molar-refractivity contribution in [1.29, 1.82) is 0 Å². The Labute approximate surface area is 170 Å². The predicted molar refractivity (Wildman–Crippen MR) is 120 cm³/mol. The third kappa shape index (κ3) is 3.49. The summed E-state index contributed by atoms with van der Waals surface area (Å²) in [5.41, 5.74) is 5.70. The highest BCUT2D eigenvalue weighted by atomic mass is 15.3. The number of nitrogens with one attached hydrogen (secondary N) is 1. The van der Waals surface area contributed by atoms with Crippen LogP contribution in [0.2, 0.25) is 0 Å². The minimum absolute atomic E-state index is 0.972. The first-order valence-corrected chi connectivity index (χ1v) is 10.2. The zero-order chi connectivity index (χ0) is 19.6. The van der Waals surface area contributed by atoms with Gasteiger partial charge in [0, 0.05) is 43.6 Å². The van der Waals surface area contributed by atoms with Gasteiger partial charge >= 0.3 is 0 Å². The smallest absolute Gasteiger partial charge is 0.156 e. The molecule has 1 N–H and O–H groups in total.